The van der Waals surface area contributed by atoms with Crippen LogP contribution in [0.5, 0.6) is 0 Å². The molecule has 0 radical (unpaired) electrons. The number of hydrogen-bond acceptors (Lipinski definition) is 3. The average Bonchev–Trinajstić information content (AvgIpc) is 2.74. The summed E-state index contributed by atoms with van der Waals surface area (Å²) < 4.78 is 24.6. The Hall–Kier alpha value is -1.59. The van der Waals surface area contributed by atoms with Crippen LogP contribution in [-0.4, -0.2) is 23.8 Å². The highest BCUT2D eigenvalue weighted by atomic mass is 32.2. The molecule has 108 valence electrons. The summed E-state index contributed by atoms with van der Waals surface area (Å²) in [5.74, 6) is 0. The Morgan fingerprint density at radius 3 is 2.35 bits per heavy atom. The van der Waals surface area contributed by atoms with Gasteiger partial charge in [-0.25, -0.2) is 12.4 Å². The molecule has 0 saturated heterocycles. The molecule has 0 fully saturated rings. The van der Waals surface area contributed by atoms with Crippen LogP contribution in [0.1, 0.15) is 22.4 Å². The summed E-state index contributed by atoms with van der Waals surface area (Å²) in [6.07, 6.45) is 4.27. The van der Waals surface area contributed by atoms with Crippen LogP contribution in [0.2, 0.25) is 0 Å². The minimum Gasteiger partial charge on any atom is -0.390 e. The molecule has 0 spiro atoms. The summed E-state index contributed by atoms with van der Waals surface area (Å²) in [4.78, 5) is 0. The highest BCUT2D eigenvalue weighted by Crippen LogP contribution is 2.21. The van der Waals surface area contributed by atoms with E-state index in [1.807, 2.05) is 37.3 Å². The lowest BCUT2D eigenvalue weighted by Crippen LogP contribution is -2.13. The normalized spacial score (nSPS) is 11.8. The van der Waals surface area contributed by atoms with Crippen LogP contribution in [0, 0.1) is 6.92 Å². The van der Waals surface area contributed by atoms with Crippen molar-refractivity contribution in [1.82, 2.24) is 3.97 Å². The molecular weight excluding hydrogens is 274 g/mol. The first-order chi connectivity index (χ1) is 9.43. The maximum Gasteiger partial charge on any atom is 0.235 e. The van der Waals surface area contributed by atoms with E-state index < -0.39 is 10.0 Å². The van der Waals surface area contributed by atoms with Crippen LogP contribution in [0.25, 0.3) is 0 Å². The SMILES string of the molecule is Cc1cn(S(C)(=O)=O)c(CO)c1CCc1ccccc1. The molecule has 0 aliphatic rings. The van der Waals surface area contributed by atoms with E-state index in [9.17, 15) is 13.5 Å². The van der Waals surface area contributed by atoms with Crippen molar-refractivity contribution in [2.75, 3.05) is 6.26 Å². The van der Waals surface area contributed by atoms with Crippen LogP contribution < -0.4 is 0 Å². The number of aromatic nitrogens is 1. The quantitative estimate of drug-likeness (QED) is 0.915. The smallest absolute Gasteiger partial charge is 0.235 e. The Labute approximate surface area is 119 Å². The third kappa shape index (κ3) is 3.11. The van der Waals surface area contributed by atoms with Crippen molar-refractivity contribution in [3.05, 3.63) is 58.9 Å². The standard InChI is InChI=1S/C15H19NO3S/c1-12-10-16(20(2,18)19)15(11-17)14(12)9-8-13-6-4-3-5-7-13/h3-7,10,17H,8-9,11H2,1-2H3. The second kappa shape index (κ2) is 5.81. The zero-order chi connectivity index (χ0) is 14.8. The van der Waals surface area contributed by atoms with Gasteiger partial charge in [0.05, 0.1) is 18.6 Å². The van der Waals surface area contributed by atoms with Gasteiger partial charge in [-0.15, -0.1) is 0 Å². The van der Waals surface area contributed by atoms with E-state index in [1.54, 1.807) is 6.20 Å². The molecule has 1 aromatic heterocycles. The van der Waals surface area contributed by atoms with E-state index in [0.717, 1.165) is 23.8 Å². The minimum absolute atomic E-state index is 0.273. The summed E-state index contributed by atoms with van der Waals surface area (Å²) in [6.45, 7) is 1.60. The Bertz CT molecular complexity index is 687. The van der Waals surface area contributed by atoms with E-state index in [4.69, 9.17) is 0 Å². The third-order valence-corrected chi connectivity index (χ3v) is 4.46. The van der Waals surface area contributed by atoms with Gasteiger partial charge in [-0.2, -0.15) is 0 Å². The molecule has 0 aliphatic heterocycles. The second-order valence-electron chi connectivity index (χ2n) is 4.94. The monoisotopic (exact) mass is 293 g/mol. The zero-order valence-corrected chi connectivity index (χ0v) is 12.5. The van der Waals surface area contributed by atoms with Crippen LogP contribution in [0.4, 0.5) is 0 Å². The van der Waals surface area contributed by atoms with Crippen molar-refractivity contribution >= 4 is 10.0 Å². The van der Waals surface area contributed by atoms with Gasteiger partial charge in [-0.1, -0.05) is 30.3 Å². The molecule has 2 rings (SSSR count). The lowest BCUT2D eigenvalue weighted by molar-refractivity contribution is 0.274. The molecule has 0 saturated carbocycles. The largest absolute Gasteiger partial charge is 0.390 e. The van der Waals surface area contributed by atoms with E-state index in [-0.39, 0.29) is 6.61 Å². The van der Waals surface area contributed by atoms with E-state index in [1.165, 1.54) is 9.54 Å². The predicted octanol–water partition coefficient (Wildman–Crippen LogP) is 1.88. The summed E-state index contributed by atoms with van der Waals surface area (Å²) in [7, 11) is -3.37. The Morgan fingerprint density at radius 2 is 1.80 bits per heavy atom. The molecule has 0 bridgehead atoms. The Balaban J connectivity index is 2.30. The fourth-order valence-electron chi connectivity index (χ4n) is 2.41. The Kier molecular flexibility index (Phi) is 4.30. The molecule has 5 heteroatoms. The van der Waals surface area contributed by atoms with Gasteiger partial charge < -0.3 is 5.11 Å². The number of aryl methyl sites for hydroxylation is 2. The zero-order valence-electron chi connectivity index (χ0n) is 11.7. The number of benzene rings is 1. The fraction of sp³-hybridized carbons (Fsp3) is 0.333. The van der Waals surface area contributed by atoms with Crippen molar-refractivity contribution in [3.63, 3.8) is 0 Å². The number of aliphatic hydroxyl groups excluding tert-OH is 1. The first-order valence-electron chi connectivity index (χ1n) is 6.48. The topological polar surface area (TPSA) is 59.3 Å². The van der Waals surface area contributed by atoms with Crippen LogP contribution in [0.15, 0.2) is 36.5 Å². The maximum absolute atomic E-state index is 11.7. The van der Waals surface area contributed by atoms with Crippen molar-refractivity contribution in [3.8, 4) is 0 Å². The van der Waals surface area contributed by atoms with Crippen LogP contribution in [-0.2, 0) is 29.5 Å². The molecule has 1 N–H and O–H groups in total. The molecule has 1 aromatic carbocycles. The molecule has 0 atom stereocenters. The molecule has 20 heavy (non-hydrogen) atoms. The first-order valence-corrected chi connectivity index (χ1v) is 8.33. The predicted molar refractivity (Wildman–Crippen MR) is 79.2 cm³/mol. The van der Waals surface area contributed by atoms with Crippen molar-refractivity contribution in [1.29, 1.82) is 0 Å². The van der Waals surface area contributed by atoms with Crippen molar-refractivity contribution < 1.29 is 13.5 Å². The van der Waals surface area contributed by atoms with Gasteiger partial charge >= 0.3 is 0 Å². The average molecular weight is 293 g/mol. The van der Waals surface area contributed by atoms with Gasteiger partial charge in [0.2, 0.25) is 10.0 Å². The van der Waals surface area contributed by atoms with Crippen molar-refractivity contribution in [2.45, 2.75) is 26.4 Å². The first kappa shape index (κ1) is 14.8. The van der Waals surface area contributed by atoms with Gasteiger partial charge in [0, 0.05) is 6.20 Å². The maximum atomic E-state index is 11.7. The Morgan fingerprint density at radius 1 is 1.15 bits per heavy atom. The third-order valence-electron chi connectivity index (χ3n) is 3.41. The molecule has 0 amide bonds. The van der Waals surface area contributed by atoms with Gasteiger partial charge in [0.25, 0.3) is 0 Å². The number of nitrogens with zero attached hydrogens (tertiary/aromatic N) is 1. The second-order valence-corrected chi connectivity index (χ2v) is 6.80. The lowest BCUT2D eigenvalue weighted by Gasteiger charge is -2.07. The summed E-state index contributed by atoms with van der Waals surface area (Å²) >= 11 is 0. The van der Waals surface area contributed by atoms with Crippen LogP contribution >= 0.6 is 0 Å². The minimum atomic E-state index is -3.37. The lowest BCUT2D eigenvalue weighted by atomic mass is 10.0. The van der Waals surface area contributed by atoms with Crippen molar-refractivity contribution in [2.24, 2.45) is 0 Å². The van der Waals surface area contributed by atoms with Gasteiger partial charge in [0.15, 0.2) is 0 Å². The van der Waals surface area contributed by atoms with Gasteiger partial charge in [-0.3, -0.25) is 0 Å². The number of hydrogen-bond donors (Lipinski definition) is 1. The van der Waals surface area contributed by atoms with E-state index in [2.05, 4.69) is 0 Å². The highest BCUT2D eigenvalue weighted by Gasteiger charge is 2.17. The summed E-state index contributed by atoms with van der Waals surface area (Å²) in [5, 5.41) is 9.49. The fourth-order valence-corrected chi connectivity index (χ4v) is 3.33. The summed E-state index contributed by atoms with van der Waals surface area (Å²) in [6, 6.07) is 10.0. The molecule has 4 nitrogen and oxygen atoms in total. The number of aliphatic hydroxyl groups is 1. The van der Waals surface area contributed by atoms with Gasteiger partial charge in [-0.05, 0) is 36.5 Å². The summed E-state index contributed by atoms with van der Waals surface area (Å²) in [5.41, 5.74) is 3.49. The number of rotatable bonds is 5. The molecule has 0 unspecified atom stereocenters. The van der Waals surface area contributed by atoms with E-state index >= 15 is 0 Å². The molecular formula is C15H19NO3S. The van der Waals surface area contributed by atoms with E-state index in [0.29, 0.717) is 12.1 Å². The molecule has 0 aliphatic carbocycles. The van der Waals surface area contributed by atoms with Gasteiger partial charge in [0.1, 0.15) is 0 Å². The highest BCUT2D eigenvalue weighted by molar-refractivity contribution is 7.89. The molecule has 2 aromatic rings. The van der Waals surface area contributed by atoms with Crippen LogP contribution in [0.3, 0.4) is 0 Å². The molecule has 1 heterocycles.